The minimum atomic E-state index is -0.122. The lowest BCUT2D eigenvalue weighted by Gasteiger charge is -2.25. The maximum absolute atomic E-state index is 8.92. The van der Waals surface area contributed by atoms with E-state index in [1.54, 1.807) is 0 Å². The van der Waals surface area contributed by atoms with Crippen molar-refractivity contribution >= 4 is 0 Å². The zero-order chi connectivity index (χ0) is 8.91. The fourth-order valence-corrected chi connectivity index (χ4v) is 0.651. The highest BCUT2D eigenvalue weighted by molar-refractivity contribution is 4.76. The average molecular weight is 159 g/mol. The van der Waals surface area contributed by atoms with E-state index in [2.05, 4.69) is 19.2 Å². The summed E-state index contributed by atoms with van der Waals surface area (Å²) < 4.78 is 0. The minimum absolute atomic E-state index is 0.122. The first kappa shape index (κ1) is 10.9. The lowest BCUT2D eigenvalue weighted by Crippen LogP contribution is -2.44. The van der Waals surface area contributed by atoms with Crippen LogP contribution in [-0.4, -0.2) is 23.8 Å². The predicted octanol–water partition coefficient (Wildman–Crippen LogP) is 1.39. The fourth-order valence-electron chi connectivity index (χ4n) is 0.651. The van der Waals surface area contributed by atoms with Crippen molar-refractivity contribution < 1.29 is 5.11 Å². The Morgan fingerprint density at radius 1 is 1.45 bits per heavy atom. The third-order valence-corrected chi connectivity index (χ3v) is 2.02. The van der Waals surface area contributed by atoms with Crippen LogP contribution in [0.1, 0.15) is 34.1 Å². The van der Waals surface area contributed by atoms with Gasteiger partial charge < -0.3 is 10.4 Å². The summed E-state index contributed by atoms with van der Waals surface area (Å²) in [5.41, 5.74) is -0.122. The number of aliphatic hydroxyl groups excluding tert-OH is 1. The van der Waals surface area contributed by atoms with E-state index >= 15 is 0 Å². The van der Waals surface area contributed by atoms with Crippen LogP contribution in [0.15, 0.2) is 0 Å². The molecule has 0 saturated heterocycles. The summed E-state index contributed by atoms with van der Waals surface area (Å²) in [7, 11) is 0. The molecule has 0 saturated carbocycles. The molecule has 2 nitrogen and oxygen atoms in total. The van der Waals surface area contributed by atoms with Gasteiger partial charge in [0.15, 0.2) is 0 Å². The summed E-state index contributed by atoms with van der Waals surface area (Å²) in [4.78, 5) is 0. The molecular formula is C9H21NO. The SMILES string of the molecule is CC[C@H](C)CNC(C)(C)CO. The van der Waals surface area contributed by atoms with Gasteiger partial charge in [0.25, 0.3) is 0 Å². The first-order chi connectivity index (χ1) is 5.02. The molecule has 0 heterocycles. The van der Waals surface area contributed by atoms with E-state index in [-0.39, 0.29) is 12.1 Å². The summed E-state index contributed by atoms with van der Waals surface area (Å²) in [5.74, 6) is 0.695. The quantitative estimate of drug-likeness (QED) is 0.635. The molecule has 0 aliphatic carbocycles. The van der Waals surface area contributed by atoms with Gasteiger partial charge in [-0.05, 0) is 26.3 Å². The molecule has 1 atom stereocenters. The third-order valence-electron chi connectivity index (χ3n) is 2.02. The Morgan fingerprint density at radius 3 is 2.36 bits per heavy atom. The van der Waals surface area contributed by atoms with Crippen molar-refractivity contribution in [3.05, 3.63) is 0 Å². The van der Waals surface area contributed by atoms with Crippen LogP contribution in [0, 0.1) is 5.92 Å². The van der Waals surface area contributed by atoms with Crippen molar-refractivity contribution in [1.82, 2.24) is 5.32 Å². The molecule has 68 valence electrons. The summed E-state index contributed by atoms with van der Waals surface area (Å²) in [5, 5.41) is 12.2. The normalized spacial score (nSPS) is 15.0. The van der Waals surface area contributed by atoms with Crippen LogP contribution in [0.3, 0.4) is 0 Å². The second kappa shape index (κ2) is 4.73. The van der Waals surface area contributed by atoms with Crippen LogP contribution in [0.4, 0.5) is 0 Å². The monoisotopic (exact) mass is 159 g/mol. The van der Waals surface area contributed by atoms with Gasteiger partial charge in [-0.3, -0.25) is 0 Å². The molecule has 0 aliphatic heterocycles. The van der Waals surface area contributed by atoms with Crippen LogP contribution in [0.5, 0.6) is 0 Å². The molecule has 0 fully saturated rings. The molecule has 0 aromatic rings. The molecule has 0 aromatic heterocycles. The highest BCUT2D eigenvalue weighted by Gasteiger charge is 2.15. The van der Waals surface area contributed by atoms with Gasteiger partial charge in [-0.15, -0.1) is 0 Å². The number of nitrogens with one attached hydrogen (secondary N) is 1. The standard InChI is InChI=1S/C9H21NO/c1-5-8(2)6-10-9(3,4)7-11/h8,10-11H,5-7H2,1-4H3/t8-/m0/s1. The largest absolute Gasteiger partial charge is 0.394 e. The van der Waals surface area contributed by atoms with Crippen molar-refractivity contribution in [2.24, 2.45) is 5.92 Å². The topological polar surface area (TPSA) is 32.3 Å². The van der Waals surface area contributed by atoms with Gasteiger partial charge in [0.1, 0.15) is 0 Å². The van der Waals surface area contributed by atoms with Crippen LogP contribution < -0.4 is 5.32 Å². The van der Waals surface area contributed by atoms with Crippen LogP contribution in [-0.2, 0) is 0 Å². The predicted molar refractivity (Wildman–Crippen MR) is 48.6 cm³/mol. The molecule has 0 radical (unpaired) electrons. The van der Waals surface area contributed by atoms with Gasteiger partial charge in [0, 0.05) is 5.54 Å². The Hall–Kier alpha value is -0.0800. The number of hydrogen-bond acceptors (Lipinski definition) is 2. The Bertz CT molecular complexity index is 102. The van der Waals surface area contributed by atoms with E-state index in [0.29, 0.717) is 5.92 Å². The molecule has 2 N–H and O–H groups in total. The number of aliphatic hydroxyl groups is 1. The van der Waals surface area contributed by atoms with Crippen molar-refractivity contribution in [2.75, 3.05) is 13.2 Å². The molecule has 0 aliphatic rings. The van der Waals surface area contributed by atoms with Gasteiger partial charge in [0.05, 0.1) is 6.61 Å². The zero-order valence-electron chi connectivity index (χ0n) is 8.15. The number of rotatable bonds is 5. The van der Waals surface area contributed by atoms with E-state index in [9.17, 15) is 0 Å². The molecule has 0 spiro atoms. The van der Waals surface area contributed by atoms with E-state index in [1.807, 2.05) is 13.8 Å². The Balaban J connectivity index is 3.52. The van der Waals surface area contributed by atoms with Crippen LogP contribution in [0.25, 0.3) is 0 Å². The fraction of sp³-hybridized carbons (Fsp3) is 1.00. The second-order valence-corrected chi connectivity index (χ2v) is 3.94. The summed E-state index contributed by atoms with van der Waals surface area (Å²) >= 11 is 0. The van der Waals surface area contributed by atoms with E-state index < -0.39 is 0 Å². The van der Waals surface area contributed by atoms with E-state index in [0.717, 1.165) is 6.54 Å². The first-order valence-corrected chi connectivity index (χ1v) is 4.37. The van der Waals surface area contributed by atoms with Crippen LogP contribution >= 0.6 is 0 Å². The van der Waals surface area contributed by atoms with Gasteiger partial charge in [0.2, 0.25) is 0 Å². The van der Waals surface area contributed by atoms with Crippen molar-refractivity contribution in [2.45, 2.75) is 39.7 Å². The van der Waals surface area contributed by atoms with E-state index in [4.69, 9.17) is 5.11 Å². The molecule has 0 bridgehead atoms. The minimum Gasteiger partial charge on any atom is -0.394 e. The molecular weight excluding hydrogens is 138 g/mol. The van der Waals surface area contributed by atoms with Gasteiger partial charge in [-0.2, -0.15) is 0 Å². The zero-order valence-corrected chi connectivity index (χ0v) is 8.15. The molecule has 11 heavy (non-hydrogen) atoms. The van der Waals surface area contributed by atoms with Gasteiger partial charge in [-0.1, -0.05) is 20.3 Å². The van der Waals surface area contributed by atoms with Crippen molar-refractivity contribution in [3.8, 4) is 0 Å². The van der Waals surface area contributed by atoms with E-state index in [1.165, 1.54) is 6.42 Å². The maximum Gasteiger partial charge on any atom is 0.0607 e. The van der Waals surface area contributed by atoms with Crippen LogP contribution in [0.2, 0.25) is 0 Å². The van der Waals surface area contributed by atoms with Crippen molar-refractivity contribution in [3.63, 3.8) is 0 Å². The van der Waals surface area contributed by atoms with Gasteiger partial charge in [-0.25, -0.2) is 0 Å². The molecule has 0 unspecified atom stereocenters. The average Bonchev–Trinajstić information content (AvgIpc) is 2.00. The lowest BCUT2D eigenvalue weighted by atomic mass is 10.0. The summed E-state index contributed by atoms with van der Waals surface area (Å²) in [6.07, 6.45) is 1.19. The lowest BCUT2D eigenvalue weighted by molar-refractivity contribution is 0.183. The highest BCUT2D eigenvalue weighted by atomic mass is 16.3. The first-order valence-electron chi connectivity index (χ1n) is 4.37. The Morgan fingerprint density at radius 2 is 2.00 bits per heavy atom. The Labute approximate surface area is 70.0 Å². The summed E-state index contributed by atoms with van der Waals surface area (Å²) in [6.45, 7) is 9.59. The third kappa shape index (κ3) is 5.22. The summed E-state index contributed by atoms with van der Waals surface area (Å²) in [6, 6.07) is 0. The molecule has 0 rings (SSSR count). The van der Waals surface area contributed by atoms with Gasteiger partial charge >= 0.3 is 0 Å². The highest BCUT2D eigenvalue weighted by Crippen LogP contribution is 2.03. The molecule has 0 aromatic carbocycles. The second-order valence-electron chi connectivity index (χ2n) is 3.94. The molecule has 0 amide bonds. The maximum atomic E-state index is 8.92. The smallest absolute Gasteiger partial charge is 0.0607 e. The number of hydrogen-bond donors (Lipinski definition) is 2. The molecule has 2 heteroatoms. The van der Waals surface area contributed by atoms with Crippen molar-refractivity contribution in [1.29, 1.82) is 0 Å². The Kier molecular flexibility index (Phi) is 4.69.